The standard InChI is InChI=1S/C14H25N3/c1-4-7-8-12(5-2)14(16-6-3)13-11-15-9-10-17-13/h9-12,14,16H,4-8H2,1-3H3. The molecule has 0 amide bonds. The minimum atomic E-state index is 0.352. The van der Waals surface area contributed by atoms with Crippen LogP contribution in [0.3, 0.4) is 0 Å². The van der Waals surface area contributed by atoms with Crippen LogP contribution in [0, 0.1) is 5.92 Å². The molecule has 2 atom stereocenters. The highest BCUT2D eigenvalue weighted by Gasteiger charge is 2.21. The Kier molecular flexibility index (Phi) is 6.78. The van der Waals surface area contributed by atoms with Gasteiger partial charge in [-0.15, -0.1) is 0 Å². The van der Waals surface area contributed by atoms with Crippen molar-refractivity contribution in [2.45, 2.75) is 52.5 Å². The van der Waals surface area contributed by atoms with E-state index >= 15 is 0 Å². The first kappa shape index (κ1) is 14.1. The molecule has 3 heteroatoms. The maximum Gasteiger partial charge on any atom is 0.0758 e. The summed E-state index contributed by atoms with van der Waals surface area (Å²) in [5.74, 6) is 0.659. The molecule has 0 aliphatic carbocycles. The highest BCUT2D eigenvalue weighted by molar-refractivity contribution is 5.04. The van der Waals surface area contributed by atoms with Gasteiger partial charge in [0.25, 0.3) is 0 Å². The van der Waals surface area contributed by atoms with E-state index in [9.17, 15) is 0 Å². The van der Waals surface area contributed by atoms with Crippen LogP contribution in [0.25, 0.3) is 0 Å². The lowest BCUT2D eigenvalue weighted by Gasteiger charge is -2.26. The summed E-state index contributed by atoms with van der Waals surface area (Å²) in [5.41, 5.74) is 1.08. The molecule has 1 aromatic rings. The molecule has 0 bridgehead atoms. The van der Waals surface area contributed by atoms with E-state index < -0.39 is 0 Å². The van der Waals surface area contributed by atoms with Crippen molar-refractivity contribution >= 4 is 0 Å². The van der Waals surface area contributed by atoms with Crippen molar-refractivity contribution in [1.29, 1.82) is 0 Å². The van der Waals surface area contributed by atoms with Crippen molar-refractivity contribution < 1.29 is 0 Å². The van der Waals surface area contributed by atoms with E-state index in [1.54, 1.807) is 12.4 Å². The fourth-order valence-corrected chi connectivity index (χ4v) is 2.28. The van der Waals surface area contributed by atoms with E-state index in [0.717, 1.165) is 12.2 Å². The fraction of sp³-hybridized carbons (Fsp3) is 0.714. The van der Waals surface area contributed by atoms with Gasteiger partial charge in [-0.2, -0.15) is 0 Å². The van der Waals surface area contributed by atoms with Crippen LogP contribution in [0.5, 0.6) is 0 Å². The molecule has 1 rings (SSSR count). The topological polar surface area (TPSA) is 37.8 Å². The van der Waals surface area contributed by atoms with Crippen molar-refractivity contribution in [3.63, 3.8) is 0 Å². The highest BCUT2D eigenvalue weighted by atomic mass is 14.9. The lowest BCUT2D eigenvalue weighted by Crippen LogP contribution is -2.29. The van der Waals surface area contributed by atoms with Gasteiger partial charge in [-0.05, 0) is 18.9 Å². The predicted molar refractivity (Wildman–Crippen MR) is 71.8 cm³/mol. The summed E-state index contributed by atoms with van der Waals surface area (Å²) in [5, 5.41) is 3.56. The molecule has 2 unspecified atom stereocenters. The first-order valence-corrected chi connectivity index (χ1v) is 6.82. The second kappa shape index (κ2) is 8.18. The van der Waals surface area contributed by atoms with Crippen LogP contribution in [0.1, 0.15) is 58.2 Å². The van der Waals surface area contributed by atoms with Gasteiger partial charge in [-0.3, -0.25) is 9.97 Å². The van der Waals surface area contributed by atoms with E-state index in [1.807, 2.05) is 6.20 Å². The number of hydrogen-bond acceptors (Lipinski definition) is 3. The maximum absolute atomic E-state index is 4.45. The molecule has 96 valence electrons. The Labute approximate surface area is 105 Å². The Bertz CT molecular complexity index is 287. The van der Waals surface area contributed by atoms with Crippen molar-refractivity contribution in [3.05, 3.63) is 24.3 Å². The minimum absolute atomic E-state index is 0.352. The van der Waals surface area contributed by atoms with Crippen LogP contribution in [0.15, 0.2) is 18.6 Å². The quantitative estimate of drug-likeness (QED) is 0.751. The lowest BCUT2D eigenvalue weighted by atomic mass is 9.89. The second-order valence-electron chi connectivity index (χ2n) is 4.48. The van der Waals surface area contributed by atoms with Gasteiger partial charge in [-0.25, -0.2) is 0 Å². The zero-order chi connectivity index (χ0) is 12.5. The van der Waals surface area contributed by atoms with Crippen molar-refractivity contribution in [2.75, 3.05) is 6.54 Å². The van der Waals surface area contributed by atoms with Gasteiger partial charge in [0.05, 0.1) is 11.7 Å². The summed E-state index contributed by atoms with van der Waals surface area (Å²) in [6.45, 7) is 7.64. The first-order valence-electron chi connectivity index (χ1n) is 6.82. The molecule has 0 saturated carbocycles. The zero-order valence-corrected chi connectivity index (χ0v) is 11.3. The Hall–Kier alpha value is -0.960. The molecular formula is C14H25N3. The van der Waals surface area contributed by atoms with E-state index in [2.05, 4.69) is 36.1 Å². The fourth-order valence-electron chi connectivity index (χ4n) is 2.28. The van der Waals surface area contributed by atoms with E-state index in [0.29, 0.717) is 12.0 Å². The molecule has 3 nitrogen and oxygen atoms in total. The van der Waals surface area contributed by atoms with Crippen molar-refractivity contribution in [3.8, 4) is 0 Å². The largest absolute Gasteiger partial charge is 0.309 e. The molecule has 1 N–H and O–H groups in total. The maximum atomic E-state index is 4.45. The third-order valence-corrected chi connectivity index (χ3v) is 3.25. The Morgan fingerprint density at radius 3 is 2.59 bits per heavy atom. The second-order valence-corrected chi connectivity index (χ2v) is 4.48. The molecule has 0 fully saturated rings. The normalized spacial score (nSPS) is 14.5. The van der Waals surface area contributed by atoms with Crippen LogP contribution < -0.4 is 5.32 Å². The average molecular weight is 235 g/mol. The molecule has 0 radical (unpaired) electrons. The Morgan fingerprint density at radius 2 is 2.06 bits per heavy atom. The third-order valence-electron chi connectivity index (χ3n) is 3.25. The number of unbranched alkanes of at least 4 members (excludes halogenated alkanes) is 1. The molecule has 1 aromatic heterocycles. The number of nitrogens with one attached hydrogen (secondary N) is 1. The smallest absolute Gasteiger partial charge is 0.0758 e. The van der Waals surface area contributed by atoms with E-state index in [4.69, 9.17) is 0 Å². The molecule has 0 spiro atoms. The van der Waals surface area contributed by atoms with Crippen molar-refractivity contribution in [2.24, 2.45) is 5.92 Å². The van der Waals surface area contributed by atoms with E-state index in [1.165, 1.54) is 25.7 Å². The zero-order valence-electron chi connectivity index (χ0n) is 11.3. The van der Waals surface area contributed by atoms with Gasteiger partial charge in [0, 0.05) is 18.6 Å². The molecule has 0 aliphatic heterocycles. The molecule has 1 heterocycles. The third kappa shape index (κ3) is 4.43. The summed E-state index contributed by atoms with van der Waals surface area (Å²) in [7, 11) is 0. The molecule has 0 aromatic carbocycles. The summed E-state index contributed by atoms with van der Waals surface area (Å²) in [6.07, 6.45) is 10.4. The van der Waals surface area contributed by atoms with Crippen LogP contribution in [0.2, 0.25) is 0 Å². The lowest BCUT2D eigenvalue weighted by molar-refractivity contribution is 0.321. The van der Waals surface area contributed by atoms with Gasteiger partial charge in [0.2, 0.25) is 0 Å². The molecule has 0 saturated heterocycles. The van der Waals surface area contributed by atoms with Crippen LogP contribution in [0.4, 0.5) is 0 Å². The number of aromatic nitrogens is 2. The van der Waals surface area contributed by atoms with Gasteiger partial charge in [0.1, 0.15) is 0 Å². The summed E-state index contributed by atoms with van der Waals surface area (Å²) < 4.78 is 0. The van der Waals surface area contributed by atoms with Crippen LogP contribution >= 0.6 is 0 Å². The van der Waals surface area contributed by atoms with Crippen LogP contribution in [-0.2, 0) is 0 Å². The Balaban J connectivity index is 2.75. The number of hydrogen-bond donors (Lipinski definition) is 1. The summed E-state index contributed by atoms with van der Waals surface area (Å²) in [6, 6.07) is 0.352. The summed E-state index contributed by atoms with van der Waals surface area (Å²) in [4.78, 5) is 8.63. The van der Waals surface area contributed by atoms with Gasteiger partial charge >= 0.3 is 0 Å². The highest BCUT2D eigenvalue weighted by Crippen LogP contribution is 2.27. The molecule has 17 heavy (non-hydrogen) atoms. The molecule has 0 aliphatic rings. The van der Waals surface area contributed by atoms with Crippen LogP contribution in [-0.4, -0.2) is 16.5 Å². The first-order chi connectivity index (χ1) is 8.33. The monoisotopic (exact) mass is 235 g/mol. The minimum Gasteiger partial charge on any atom is -0.309 e. The van der Waals surface area contributed by atoms with Gasteiger partial charge < -0.3 is 5.32 Å². The molecular weight excluding hydrogens is 210 g/mol. The SMILES string of the molecule is CCCCC(CC)C(NCC)c1cnccn1. The number of nitrogens with zero attached hydrogens (tertiary/aromatic N) is 2. The van der Waals surface area contributed by atoms with Gasteiger partial charge in [-0.1, -0.05) is 40.0 Å². The van der Waals surface area contributed by atoms with Crippen molar-refractivity contribution in [1.82, 2.24) is 15.3 Å². The van der Waals surface area contributed by atoms with Gasteiger partial charge in [0.15, 0.2) is 0 Å². The van der Waals surface area contributed by atoms with E-state index in [-0.39, 0.29) is 0 Å². The predicted octanol–water partition coefficient (Wildman–Crippen LogP) is 3.34. The number of rotatable bonds is 8. The average Bonchev–Trinajstić information content (AvgIpc) is 2.39. The Morgan fingerprint density at radius 1 is 1.24 bits per heavy atom. The summed E-state index contributed by atoms with van der Waals surface area (Å²) >= 11 is 0.